The maximum Gasteiger partial charge on any atom is 0.333 e. The second kappa shape index (κ2) is 6.29. The molecule has 0 aromatic rings. The summed E-state index contributed by atoms with van der Waals surface area (Å²) in [5.41, 5.74) is 0.193. The van der Waals surface area contributed by atoms with Crippen molar-refractivity contribution in [3.8, 4) is 0 Å². The van der Waals surface area contributed by atoms with E-state index >= 15 is 0 Å². The minimum Gasteiger partial charge on any atom is -0.459 e. The fraction of sp³-hybridized carbons (Fsp3) is 0.789. The number of carbonyl (C=O) groups is 2. The average Bonchev–Trinajstić information content (AvgIpc) is 3.14. The highest BCUT2D eigenvalue weighted by Gasteiger charge is 2.50. The largest absolute Gasteiger partial charge is 0.459 e. The zero-order valence-corrected chi connectivity index (χ0v) is 14.3. The van der Waals surface area contributed by atoms with E-state index in [2.05, 4.69) is 13.5 Å². The van der Waals surface area contributed by atoms with E-state index in [9.17, 15) is 9.59 Å². The average molecular weight is 320 g/mol. The minimum atomic E-state index is -0.303. The fourth-order valence-electron chi connectivity index (χ4n) is 4.84. The standard InChI is InChI=1S/C19H28O4/c1-12(2)18(21)22-16-10-13-6-7-14(16)15(13)11-17(20)23-19(3)8-4-5-9-19/h13-16H,1,4-11H2,2-3H3. The Morgan fingerprint density at radius 3 is 2.57 bits per heavy atom. The predicted octanol–water partition coefficient (Wildman–Crippen LogP) is 3.79. The first-order valence-electron chi connectivity index (χ1n) is 8.96. The molecule has 3 saturated carbocycles. The van der Waals surface area contributed by atoms with Crippen LogP contribution < -0.4 is 0 Å². The molecule has 4 nitrogen and oxygen atoms in total. The van der Waals surface area contributed by atoms with Gasteiger partial charge in [0.1, 0.15) is 11.7 Å². The Hall–Kier alpha value is -1.32. The molecule has 3 aliphatic carbocycles. The molecule has 3 aliphatic rings. The lowest BCUT2D eigenvalue weighted by Gasteiger charge is -2.26. The van der Waals surface area contributed by atoms with Crippen LogP contribution in [0.5, 0.6) is 0 Å². The Kier molecular flexibility index (Phi) is 4.52. The van der Waals surface area contributed by atoms with Crippen molar-refractivity contribution in [3.63, 3.8) is 0 Å². The van der Waals surface area contributed by atoms with Crippen LogP contribution in [-0.4, -0.2) is 23.6 Å². The lowest BCUT2D eigenvalue weighted by molar-refractivity contribution is -0.159. The van der Waals surface area contributed by atoms with Gasteiger partial charge in [-0.2, -0.15) is 0 Å². The van der Waals surface area contributed by atoms with Crippen molar-refractivity contribution in [1.82, 2.24) is 0 Å². The summed E-state index contributed by atoms with van der Waals surface area (Å²) in [4.78, 5) is 24.1. The quantitative estimate of drug-likeness (QED) is 0.571. The molecule has 0 saturated heterocycles. The van der Waals surface area contributed by atoms with Crippen LogP contribution in [0, 0.1) is 17.8 Å². The van der Waals surface area contributed by atoms with Crippen LogP contribution in [0.3, 0.4) is 0 Å². The first-order chi connectivity index (χ1) is 10.9. The van der Waals surface area contributed by atoms with Gasteiger partial charge in [0, 0.05) is 12.0 Å². The van der Waals surface area contributed by atoms with E-state index in [0.717, 1.165) is 44.9 Å². The Morgan fingerprint density at radius 1 is 1.22 bits per heavy atom. The molecule has 3 fully saturated rings. The Bertz CT molecular complexity index is 503. The third kappa shape index (κ3) is 3.46. The van der Waals surface area contributed by atoms with Crippen LogP contribution in [0.1, 0.15) is 65.2 Å². The van der Waals surface area contributed by atoms with Gasteiger partial charge in [-0.25, -0.2) is 4.79 Å². The summed E-state index contributed by atoms with van der Waals surface area (Å²) in [7, 11) is 0. The molecule has 0 aromatic heterocycles. The normalized spacial score (nSPS) is 34.3. The monoisotopic (exact) mass is 320 g/mol. The Morgan fingerprint density at radius 2 is 1.91 bits per heavy atom. The molecule has 2 bridgehead atoms. The lowest BCUT2D eigenvalue weighted by atomic mass is 9.93. The van der Waals surface area contributed by atoms with Gasteiger partial charge in [-0.1, -0.05) is 6.58 Å². The van der Waals surface area contributed by atoms with E-state index in [1.54, 1.807) is 6.92 Å². The zero-order valence-electron chi connectivity index (χ0n) is 14.3. The molecular weight excluding hydrogens is 292 g/mol. The first-order valence-corrected chi connectivity index (χ1v) is 8.96. The van der Waals surface area contributed by atoms with E-state index in [-0.39, 0.29) is 23.6 Å². The van der Waals surface area contributed by atoms with Gasteiger partial charge in [-0.15, -0.1) is 0 Å². The van der Waals surface area contributed by atoms with Crippen LogP contribution in [0.15, 0.2) is 12.2 Å². The molecule has 0 N–H and O–H groups in total. The number of carbonyl (C=O) groups excluding carboxylic acids is 2. The fourth-order valence-corrected chi connectivity index (χ4v) is 4.84. The highest BCUT2D eigenvalue weighted by Crippen LogP contribution is 2.52. The van der Waals surface area contributed by atoms with Gasteiger partial charge in [0.15, 0.2) is 0 Å². The molecule has 0 heterocycles. The van der Waals surface area contributed by atoms with Gasteiger partial charge >= 0.3 is 11.9 Å². The summed E-state index contributed by atoms with van der Waals surface area (Å²) in [5.74, 6) is 0.750. The molecule has 0 amide bonds. The maximum absolute atomic E-state index is 12.4. The summed E-state index contributed by atoms with van der Waals surface area (Å²) in [6.45, 7) is 7.37. The van der Waals surface area contributed by atoms with Gasteiger partial charge in [-0.3, -0.25) is 4.79 Å². The number of rotatable bonds is 5. The van der Waals surface area contributed by atoms with Gasteiger partial charge < -0.3 is 9.47 Å². The van der Waals surface area contributed by atoms with Crippen molar-refractivity contribution in [3.05, 3.63) is 12.2 Å². The molecule has 4 atom stereocenters. The SMILES string of the molecule is C=C(C)C(=O)OC1CC2CCC1C2CC(=O)OC1(C)CCCC1. The molecular formula is C19H28O4. The molecule has 0 aliphatic heterocycles. The summed E-state index contributed by atoms with van der Waals surface area (Å²) in [5, 5.41) is 0. The zero-order chi connectivity index (χ0) is 16.6. The summed E-state index contributed by atoms with van der Waals surface area (Å²) < 4.78 is 11.4. The van der Waals surface area contributed by atoms with Crippen molar-refractivity contribution in [2.24, 2.45) is 17.8 Å². The van der Waals surface area contributed by atoms with E-state index in [4.69, 9.17) is 9.47 Å². The molecule has 4 unspecified atom stereocenters. The summed E-state index contributed by atoms with van der Waals surface area (Å²) in [6, 6.07) is 0. The highest BCUT2D eigenvalue weighted by molar-refractivity contribution is 5.87. The van der Waals surface area contributed by atoms with Gasteiger partial charge in [-0.05, 0) is 76.5 Å². The molecule has 23 heavy (non-hydrogen) atoms. The predicted molar refractivity (Wildman–Crippen MR) is 86.6 cm³/mol. The van der Waals surface area contributed by atoms with E-state index < -0.39 is 0 Å². The highest BCUT2D eigenvalue weighted by atomic mass is 16.6. The first kappa shape index (κ1) is 16.5. The van der Waals surface area contributed by atoms with Crippen LogP contribution >= 0.6 is 0 Å². The van der Waals surface area contributed by atoms with Crippen molar-refractivity contribution in [2.75, 3.05) is 0 Å². The van der Waals surface area contributed by atoms with E-state index in [1.165, 1.54) is 0 Å². The Balaban J connectivity index is 1.55. The van der Waals surface area contributed by atoms with E-state index in [1.807, 2.05) is 0 Å². The molecule has 0 aromatic carbocycles. The molecule has 0 radical (unpaired) electrons. The number of hydrogen-bond donors (Lipinski definition) is 0. The molecule has 128 valence electrons. The van der Waals surface area contributed by atoms with Crippen molar-refractivity contribution >= 4 is 11.9 Å². The van der Waals surface area contributed by atoms with Crippen molar-refractivity contribution < 1.29 is 19.1 Å². The minimum absolute atomic E-state index is 0.0437. The van der Waals surface area contributed by atoms with E-state index in [0.29, 0.717) is 29.7 Å². The van der Waals surface area contributed by atoms with Crippen molar-refractivity contribution in [2.45, 2.75) is 76.9 Å². The number of esters is 2. The van der Waals surface area contributed by atoms with Gasteiger partial charge in [0.05, 0.1) is 0 Å². The molecule has 4 heteroatoms. The lowest BCUT2D eigenvalue weighted by Crippen LogP contribution is -2.30. The smallest absolute Gasteiger partial charge is 0.333 e. The topological polar surface area (TPSA) is 52.6 Å². The Labute approximate surface area is 138 Å². The summed E-state index contributed by atoms with van der Waals surface area (Å²) >= 11 is 0. The van der Waals surface area contributed by atoms with Crippen molar-refractivity contribution in [1.29, 1.82) is 0 Å². The third-order valence-corrected chi connectivity index (χ3v) is 6.07. The number of ether oxygens (including phenoxy) is 2. The van der Waals surface area contributed by atoms with Gasteiger partial charge in [0.2, 0.25) is 0 Å². The van der Waals surface area contributed by atoms with Crippen LogP contribution in [-0.2, 0) is 19.1 Å². The maximum atomic E-state index is 12.4. The number of hydrogen-bond acceptors (Lipinski definition) is 4. The van der Waals surface area contributed by atoms with Crippen LogP contribution in [0.4, 0.5) is 0 Å². The second-order valence-electron chi connectivity index (χ2n) is 7.96. The number of fused-ring (bicyclic) bond motifs is 2. The molecule has 0 spiro atoms. The molecule has 3 rings (SSSR count). The second-order valence-corrected chi connectivity index (χ2v) is 7.96. The third-order valence-electron chi connectivity index (χ3n) is 6.07. The van der Waals surface area contributed by atoms with Gasteiger partial charge in [0.25, 0.3) is 0 Å². The summed E-state index contributed by atoms with van der Waals surface area (Å²) in [6.07, 6.45) is 7.77. The van der Waals surface area contributed by atoms with Crippen LogP contribution in [0.25, 0.3) is 0 Å². The van der Waals surface area contributed by atoms with Crippen LogP contribution in [0.2, 0.25) is 0 Å².